The summed E-state index contributed by atoms with van der Waals surface area (Å²) in [5.41, 5.74) is 1.51. The molecule has 35 heavy (non-hydrogen) atoms. The van der Waals surface area contributed by atoms with E-state index in [1.165, 1.54) is 24.5 Å². The molecule has 0 radical (unpaired) electrons. The number of benzene rings is 1. The van der Waals surface area contributed by atoms with Gasteiger partial charge in [0.25, 0.3) is 5.91 Å². The van der Waals surface area contributed by atoms with E-state index in [4.69, 9.17) is 0 Å². The van der Waals surface area contributed by atoms with Crippen LogP contribution in [0.5, 0.6) is 0 Å². The zero-order chi connectivity index (χ0) is 25.0. The lowest BCUT2D eigenvalue weighted by atomic mass is 9.77. The Morgan fingerprint density at radius 1 is 1.17 bits per heavy atom. The molecular weight excluding hydrogens is 460 g/mol. The SMILES string of the molecule is C[C@H]1CC[C@]2(CCN(c3c(C(=O)N[C@H](C)C4CC(F)(F)C4)cncc3-c3cc(F)cc(F)c3)C2)N1. The molecule has 5 rings (SSSR count). The molecule has 5 nitrogen and oxygen atoms in total. The van der Waals surface area contributed by atoms with Crippen LogP contribution in [-0.4, -0.2) is 47.5 Å². The first-order valence-corrected chi connectivity index (χ1v) is 12.2. The van der Waals surface area contributed by atoms with Gasteiger partial charge in [-0.3, -0.25) is 9.78 Å². The van der Waals surface area contributed by atoms with E-state index < -0.39 is 29.5 Å². The number of hydrogen-bond acceptors (Lipinski definition) is 4. The van der Waals surface area contributed by atoms with E-state index in [0.717, 1.165) is 25.3 Å². The predicted octanol–water partition coefficient (Wildman–Crippen LogP) is 4.91. The van der Waals surface area contributed by atoms with Crippen LogP contribution in [-0.2, 0) is 0 Å². The molecule has 2 saturated heterocycles. The Morgan fingerprint density at radius 3 is 2.51 bits per heavy atom. The molecule has 2 aromatic rings. The second-order valence-electron chi connectivity index (χ2n) is 10.6. The van der Waals surface area contributed by atoms with Gasteiger partial charge in [0.05, 0.1) is 11.3 Å². The van der Waals surface area contributed by atoms with E-state index in [9.17, 15) is 22.4 Å². The molecule has 2 aliphatic heterocycles. The molecule has 3 aliphatic rings. The normalized spacial score (nSPS) is 26.7. The summed E-state index contributed by atoms with van der Waals surface area (Å²) < 4.78 is 54.9. The molecule has 1 aliphatic carbocycles. The van der Waals surface area contributed by atoms with Gasteiger partial charge in [-0.1, -0.05) is 0 Å². The number of rotatable bonds is 5. The summed E-state index contributed by atoms with van der Waals surface area (Å²) in [5, 5.41) is 6.54. The summed E-state index contributed by atoms with van der Waals surface area (Å²) in [7, 11) is 0. The van der Waals surface area contributed by atoms with Crippen LogP contribution in [0.3, 0.4) is 0 Å². The molecule has 1 saturated carbocycles. The molecule has 2 N–H and O–H groups in total. The third-order valence-corrected chi connectivity index (χ3v) is 7.80. The predicted molar refractivity (Wildman–Crippen MR) is 126 cm³/mol. The number of pyridine rings is 1. The van der Waals surface area contributed by atoms with Crippen molar-refractivity contribution in [2.24, 2.45) is 5.92 Å². The Balaban J connectivity index is 1.50. The highest BCUT2D eigenvalue weighted by Gasteiger charge is 2.48. The molecule has 1 spiro atoms. The highest BCUT2D eigenvalue weighted by molar-refractivity contribution is 6.03. The summed E-state index contributed by atoms with van der Waals surface area (Å²) in [6, 6.07) is 3.22. The van der Waals surface area contributed by atoms with Gasteiger partial charge in [0.2, 0.25) is 5.92 Å². The van der Waals surface area contributed by atoms with Gasteiger partial charge < -0.3 is 15.5 Å². The van der Waals surface area contributed by atoms with Crippen LogP contribution in [0.4, 0.5) is 23.2 Å². The van der Waals surface area contributed by atoms with Crippen LogP contribution in [0, 0.1) is 17.6 Å². The number of alkyl halides is 2. The standard InChI is InChI=1S/C26H30F4N4O/c1-15-3-4-25(33-15)5-6-34(14-25)23-21(17-7-19(27)9-20(28)8-17)12-31-13-22(23)24(35)32-16(2)18-10-26(29,30)11-18/h7-9,12-13,15-16,18,33H,3-6,10-11,14H2,1-2H3,(H,32,35)/t15-,16+,25+/m0/s1. The maximum atomic E-state index is 14.1. The van der Waals surface area contributed by atoms with Crippen LogP contribution in [0.1, 0.15) is 56.3 Å². The average Bonchev–Trinajstić information content (AvgIpc) is 3.35. The monoisotopic (exact) mass is 490 g/mol. The molecule has 3 fully saturated rings. The molecule has 1 amide bonds. The number of amides is 1. The van der Waals surface area contributed by atoms with E-state index in [2.05, 4.69) is 27.4 Å². The fourth-order valence-corrected chi connectivity index (χ4v) is 5.89. The second-order valence-corrected chi connectivity index (χ2v) is 10.6. The number of carbonyl (C=O) groups excluding carboxylic acids is 1. The van der Waals surface area contributed by atoms with Crippen LogP contribution in [0.2, 0.25) is 0 Å². The fraction of sp³-hybridized carbons (Fsp3) is 0.538. The van der Waals surface area contributed by atoms with Gasteiger partial charge in [-0.15, -0.1) is 0 Å². The number of nitrogens with one attached hydrogen (secondary N) is 2. The van der Waals surface area contributed by atoms with Gasteiger partial charge >= 0.3 is 0 Å². The molecule has 3 atom stereocenters. The van der Waals surface area contributed by atoms with Gasteiger partial charge in [-0.25, -0.2) is 17.6 Å². The summed E-state index contributed by atoms with van der Waals surface area (Å²) in [6.07, 6.45) is 5.41. The van der Waals surface area contributed by atoms with Crippen molar-refractivity contribution in [1.82, 2.24) is 15.6 Å². The van der Waals surface area contributed by atoms with E-state index in [1.807, 2.05) is 0 Å². The largest absolute Gasteiger partial charge is 0.368 e. The number of hydrogen-bond donors (Lipinski definition) is 2. The van der Waals surface area contributed by atoms with Crippen LogP contribution in [0.25, 0.3) is 11.1 Å². The molecule has 0 unspecified atom stereocenters. The number of aromatic nitrogens is 1. The maximum absolute atomic E-state index is 14.1. The first kappa shape index (κ1) is 24.0. The van der Waals surface area contributed by atoms with E-state index in [0.29, 0.717) is 35.9 Å². The van der Waals surface area contributed by atoms with Crippen molar-refractivity contribution in [1.29, 1.82) is 0 Å². The zero-order valence-corrected chi connectivity index (χ0v) is 19.9. The highest BCUT2D eigenvalue weighted by Crippen LogP contribution is 2.44. The Hall–Kier alpha value is -2.68. The van der Waals surface area contributed by atoms with E-state index >= 15 is 0 Å². The minimum absolute atomic E-state index is 0.0777. The fourth-order valence-electron chi connectivity index (χ4n) is 5.89. The van der Waals surface area contributed by atoms with Gasteiger partial charge in [0, 0.05) is 67.6 Å². The Morgan fingerprint density at radius 2 is 1.89 bits per heavy atom. The number of halogens is 4. The number of nitrogens with zero attached hydrogens (tertiary/aromatic N) is 2. The third kappa shape index (κ3) is 4.75. The minimum atomic E-state index is -2.67. The van der Waals surface area contributed by atoms with Crippen LogP contribution >= 0.6 is 0 Å². The lowest BCUT2D eigenvalue weighted by Gasteiger charge is -2.39. The topological polar surface area (TPSA) is 57.3 Å². The highest BCUT2D eigenvalue weighted by atomic mass is 19.3. The zero-order valence-electron chi connectivity index (χ0n) is 19.9. The molecule has 1 aromatic carbocycles. The molecule has 1 aromatic heterocycles. The minimum Gasteiger partial charge on any atom is -0.368 e. The number of carbonyl (C=O) groups is 1. The first-order chi connectivity index (χ1) is 16.5. The summed E-state index contributed by atoms with van der Waals surface area (Å²) >= 11 is 0. The lowest BCUT2D eigenvalue weighted by Crippen LogP contribution is -2.48. The van der Waals surface area contributed by atoms with Crippen molar-refractivity contribution in [3.05, 3.63) is 47.8 Å². The third-order valence-electron chi connectivity index (χ3n) is 7.80. The van der Waals surface area contributed by atoms with Gasteiger partial charge in [0.1, 0.15) is 11.6 Å². The Labute approximate surface area is 202 Å². The average molecular weight is 491 g/mol. The van der Waals surface area contributed by atoms with Crippen molar-refractivity contribution in [2.75, 3.05) is 18.0 Å². The maximum Gasteiger partial charge on any atom is 0.255 e. The quantitative estimate of drug-likeness (QED) is 0.585. The summed E-state index contributed by atoms with van der Waals surface area (Å²) in [6.45, 7) is 5.19. The summed E-state index contributed by atoms with van der Waals surface area (Å²) in [4.78, 5) is 19.7. The van der Waals surface area contributed by atoms with Gasteiger partial charge in [-0.2, -0.15) is 0 Å². The van der Waals surface area contributed by atoms with E-state index in [-0.39, 0.29) is 29.9 Å². The second kappa shape index (κ2) is 8.76. The molecule has 3 heterocycles. The lowest BCUT2D eigenvalue weighted by molar-refractivity contribution is -0.117. The van der Waals surface area contributed by atoms with Crippen LogP contribution < -0.4 is 15.5 Å². The van der Waals surface area contributed by atoms with Crippen molar-refractivity contribution in [3.63, 3.8) is 0 Å². The van der Waals surface area contributed by atoms with Crippen molar-refractivity contribution in [2.45, 2.75) is 69.5 Å². The Bertz CT molecular complexity index is 1110. The van der Waals surface area contributed by atoms with Crippen molar-refractivity contribution in [3.8, 4) is 11.1 Å². The Kier molecular flexibility index (Phi) is 6.02. The smallest absolute Gasteiger partial charge is 0.255 e. The molecular formula is C26H30F4N4O. The van der Waals surface area contributed by atoms with Crippen molar-refractivity contribution >= 4 is 11.6 Å². The molecule has 9 heteroatoms. The van der Waals surface area contributed by atoms with Gasteiger partial charge in [-0.05, 0) is 56.7 Å². The first-order valence-electron chi connectivity index (χ1n) is 12.2. The van der Waals surface area contributed by atoms with Crippen molar-refractivity contribution < 1.29 is 22.4 Å². The molecule has 0 bridgehead atoms. The van der Waals surface area contributed by atoms with E-state index in [1.54, 1.807) is 6.92 Å². The summed E-state index contributed by atoms with van der Waals surface area (Å²) in [5.74, 6) is -4.84. The van der Waals surface area contributed by atoms with Gasteiger partial charge in [0.15, 0.2) is 0 Å². The number of anilines is 1. The molecule has 188 valence electrons. The van der Waals surface area contributed by atoms with Crippen LogP contribution in [0.15, 0.2) is 30.6 Å².